The minimum absolute atomic E-state index is 0.180. The van der Waals surface area contributed by atoms with Crippen LogP contribution in [0.2, 0.25) is 0 Å². The van der Waals surface area contributed by atoms with Gasteiger partial charge in [-0.2, -0.15) is 0 Å². The molecule has 2 aliphatic rings. The van der Waals surface area contributed by atoms with Gasteiger partial charge < -0.3 is 19.9 Å². The lowest BCUT2D eigenvalue weighted by atomic mass is 9.88. The summed E-state index contributed by atoms with van der Waals surface area (Å²) < 4.78 is 36.3. The molecule has 0 aromatic heterocycles. The number of hydrogen-bond acceptors (Lipinski definition) is 6. The van der Waals surface area contributed by atoms with Crippen LogP contribution >= 0.6 is 0 Å². The summed E-state index contributed by atoms with van der Waals surface area (Å²) >= 11 is 0. The van der Waals surface area contributed by atoms with Crippen LogP contribution in [0, 0.1) is 0 Å². The number of likely N-dealkylation sites (N-methyl/N-ethyl adjacent to an activating group) is 1. The lowest BCUT2D eigenvalue weighted by Gasteiger charge is -2.36. The van der Waals surface area contributed by atoms with E-state index in [4.69, 9.17) is 4.74 Å². The Bertz CT molecular complexity index is 1430. The van der Waals surface area contributed by atoms with E-state index in [0.29, 0.717) is 22.7 Å². The molecule has 3 aromatic rings. The van der Waals surface area contributed by atoms with Gasteiger partial charge >= 0.3 is 0 Å². The Morgan fingerprint density at radius 1 is 1.00 bits per heavy atom. The number of ether oxygens (including phenoxy) is 1. The highest BCUT2D eigenvalue weighted by atomic mass is 32.2. The van der Waals surface area contributed by atoms with Gasteiger partial charge in [-0.15, -0.1) is 0 Å². The molecule has 1 amide bonds. The second-order valence-electron chi connectivity index (χ2n) is 10.1. The summed E-state index contributed by atoms with van der Waals surface area (Å²) in [4.78, 5) is 17.7. The molecular formula is C30H36N4O4S. The van der Waals surface area contributed by atoms with Crippen molar-refractivity contribution in [2.45, 2.75) is 37.1 Å². The first-order valence-corrected chi connectivity index (χ1v) is 15.0. The maximum atomic E-state index is 14.0. The Morgan fingerprint density at radius 3 is 2.56 bits per heavy atom. The van der Waals surface area contributed by atoms with Gasteiger partial charge in [0.2, 0.25) is 10.0 Å². The molecule has 39 heavy (non-hydrogen) atoms. The predicted octanol–water partition coefficient (Wildman–Crippen LogP) is 4.45. The van der Waals surface area contributed by atoms with Gasteiger partial charge in [0.15, 0.2) is 0 Å². The van der Waals surface area contributed by atoms with Gasteiger partial charge in [-0.1, -0.05) is 37.3 Å². The van der Waals surface area contributed by atoms with Crippen LogP contribution in [-0.4, -0.2) is 59.1 Å². The first-order chi connectivity index (χ1) is 18.9. The summed E-state index contributed by atoms with van der Waals surface area (Å²) in [5.41, 5.74) is 3.72. The zero-order valence-corrected chi connectivity index (χ0v) is 23.3. The van der Waals surface area contributed by atoms with Crippen LogP contribution in [0.1, 0.15) is 47.3 Å². The second-order valence-corrected chi connectivity index (χ2v) is 11.7. The molecule has 5 rings (SSSR count). The van der Waals surface area contributed by atoms with Crippen molar-refractivity contribution in [1.82, 2.24) is 9.62 Å². The van der Waals surface area contributed by atoms with E-state index < -0.39 is 10.0 Å². The van der Waals surface area contributed by atoms with Crippen molar-refractivity contribution in [3.8, 4) is 5.75 Å². The highest BCUT2D eigenvalue weighted by Crippen LogP contribution is 2.34. The maximum Gasteiger partial charge on any atom is 0.255 e. The number of methoxy groups -OCH3 is 1. The Balaban J connectivity index is 1.47. The molecule has 8 nitrogen and oxygen atoms in total. The highest BCUT2D eigenvalue weighted by molar-refractivity contribution is 7.89. The van der Waals surface area contributed by atoms with E-state index in [-0.39, 0.29) is 16.8 Å². The number of sulfonamides is 1. The van der Waals surface area contributed by atoms with Crippen LogP contribution in [0.3, 0.4) is 0 Å². The molecule has 0 saturated carbocycles. The number of piperazine rings is 1. The molecule has 2 N–H and O–H groups in total. The lowest BCUT2D eigenvalue weighted by Crippen LogP contribution is -2.46. The third-order valence-electron chi connectivity index (χ3n) is 7.67. The number of rotatable bonds is 8. The topological polar surface area (TPSA) is 91.0 Å². The SMILES string of the molecule is CCN1CCN(c2ccc(NC(=O)c3cccc(OC)c3)cc2S(=O)(=O)NC2CCCc3ccccc32)CC1. The van der Waals surface area contributed by atoms with Crippen LogP contribution in [-0.2, 0) is 16.4 Å². The number of nitrogens with one attached hydrogen (secondary N) is 2. The molecule has 0 radical (unpaired) electrons. The normalized spacial score (nSPS) is 17.9. The molecule has 3 aromatic carbocycles. The van der Waals surface area contributed by atoms with E-state index in [1.165, 1.54) is 5.56 Å². The van der Waals surface area contributed by atoms with E-state index in [1.807, 2.05) is 24.3 Å². The number of aryl methyl sites for hydroxylation is 1. The molecule has 1 atom stereocenters. The molecule has 1 aliphatic heterocycles. The van der Waals surface area contributed by atoms with Crippen LogP contribution in [0.5, 0.6) is 5.75 Å². The van der Waals surface area contributed by atoms with Crippen molar-refractivity contribution < 1.29 is 17.9 Å². The average Bonchev–Trinajstić information content (AvgIpc) is 2.97. The van der Waals surface area contributed by atoms with E-state index in [1.54, 1.807) is 43.5 Å². The minimum Gasteiger partial charge on any atom is -0.497 e. The van der Waals surface area contributed by atoms with Gasteiger partial charge in [0, 0.05) is 43.5 Å². The average molecular weight is 549 g/mol. The number of carbonyl (C=O) groups excluding carboxylic acids is 1. The zero-order valence-electron chi connectivity index (χ0n) is 22.5. The van der Waals surface area contributed by atoms with Crippen molar-refractivity contribution in [1.29, 1.82) is 0 Å². The van der Waals surface area contributed by atoms with E-state index in [0.717, 1.165) is 57.5 Å². The first-order valence-electron chi connectivity index (χ1n) is 13.5. The molecule has 1 unspecified atom stereocenters. The first kappa shape index (κ1) is 27.2. The lowest BCUT2D eigenvalue weighted by molar-refractivity contribution is 0.102. The molecule has 9 heteroatoms. The standard InChI is InChI=1S/C30H36N4O4S/c1-3-33-16-18-34(19-17-33)28-15-14-24(31-30(35)23-10-6-11-25(20-23)38-2)21-29(28)39(36,37)32-27-13-7-9-22-8-4-5-12-26(22)27/h4-6,8,10-12,14-15,20-21,27,32H,3,7,9,13,16-19H2,1-2H3,(H,31,35). The van der Waals surface area contributed by atoms with Crippen molar-refractivity contribution in [2.75, 3.05) is 50.1 Å². The number of fused-ring (bicyclic) bond motifs is 1. The van der Waals surface area contributed by atoms with E-state index in [2.05, 4.69) is 32.8 Å². The van der Waals surface area contributed by atoms with Gasteiger partial charge in [0.05, 0.1) is 12.8 Å². The van der Waals surface area contributed by atoms with Crippen molar-refractivity contribution in [3.05, 3.63) is 83.4 Å². The smallest absolute Gasteiger partial charge is 0.255 e. The number of benzene rings is 3. The van der Waals surface area contributed by atoms with Gasteiger partial charge in [0.1, 0.15) is 10.6 Å². The summed E-state index contributed by atoms with van der Waals surface area (Å²) in [5, 5.41) is 2.87. The quantitative estimate of drug-likeness (QED) is 0.433. The summed E-state index contributed by atoms with van der Waals surface area (Å²) in [5.74, 6) is 0.236. The number of hydrogen-bond donors (Lipinski definition) is 2. The molecule has 1 fully saturated rings. The van der Waals surface area contributed by atoms with Crippen LogP contribution in [0.15, 0.2) is 71.6 Å². The van der Waals surface area contributed by atoms with Gasteiger partial charge in [0.25, 0.3) is 5.91 Å². The Kier molecular flexibility index (Phi) is 8.20. The molecule has 0 bridgehead atoms. The summed E-state index contributed by atoms with van der Waals surface area (Å²) in [6, 6.07) is 19.8. The fraction of sp³-hybridized carbons (Fsp3) is 0.367. The van der Waals surface area contributed by atoms with Crippen molar-refractivity contribution in [3.63, 3.8) is 0 Å². The molecule has 1 heterocycles. The van der Waals surface area contributed by atoms with Crippen LogP contribution < -0.4 is 19.7 Å². The van der Waals surface area contributed by atoms with Crippen LogP contribution in [0.4, 0.5) is 11.4 Å². The third kappa shape index (κ3) is 6.11. The predicted molar refractivity (Wildman–Crippen MR) is 154 cm³/mol. The molecule has 1 saturated heterocycles. The van der Waals surface area contributed by atoms with Gasteiger partial charge in [-0.05, 0) is 73.3 Å². The fourth-order valence-corrected chi connectivity index (χ4v) is 6.97. The molecule has 1 aliphatic carbocycles. The number of nitrogens with zero attached hydrogens (tertiary/aromatic N) is 2. The molecule has 206 valence electrons. The minimum atomic E-state index is -3.91. The monoisotopic (exact) mass is 548 g/mol. The van der Waals surface area contributed by atoms with Crippen molar-refractivity contribution in [2.24, 2.45) is 0 Å². The van der Waals surface area contributed by atoms with Gasteiger partial charge in [-0.3, -0.25) is 4.79 Å². The fourth-order valence-electron chi connectivity index (χ4n) is 5.47. The zero-order chi connectivity index (χ0) is 27.4. The Labute approximate surface area is 231 Å². The van der Waals surface area contributed by atoms with Gasteiger partial charge in [-0.25, -0.2) is 13.1 Å². The van der Waals surface area contributed by atoms with E-state index >= 15 is 0 Å². The van der Waals surface area contributed by atoms with Crippen molar-refractivity contribution >= 4 is 27.3 Å². The maximum absolute atomic E-state index is 14.0. The summed E-state index contributed by atoms with van der Waals surface area (Å²) in [6.45, 7) is 6.31. The summed E-state index contributed by atoms with van der Waals surface area (Å²) in [6.07, 6.45) is 2.62. The van der Waals surface area contributed by atoms with Crippen LogP contribution in [0.25, 0.3) is 0 Å². The number of amides is 1. The number of anilines is 2. The second kappa shape index (κ2) is 11.8. The van der Waals surface area contributed by atoms with E-state index in [9.17, 15) is 13.2 Å². The largest absolute Gasteiger partial charge is 0.497 e. The molecular weight excluding hydrogens is 512 g/mol. The molecule has 0 spiro atoms. The Hall–Kier alpha value is -3.40. The highest BCUT2D eigenvalue weighted by Gasteiger charge is 2.30. The Morgan fingerprint density at radius 2 is 1.79 bits per heavy atom. The third-order valence-corrected chi connectivity index (χ3v) is 9.17. The number of carbonyl (C=O) groups is 1. The summed E-state index contributed by atoms with van der Waals surface area (Å²) in [7, 11) is -2.37.